The molecule has 0 saturated carbocycles. The van der Waals surface area contributed by atoms with E-state index in [4.69, 9.17) is 5.73 Å². The van der Waals surface area contributed by atoms with Gasteiger partial charge >= 0.3 is 0 Å². The molecule has 0 saturated heterocycles. The zero-order valence-electron chi connectivity index (χ0n) is 7.46. The highest BCUT2D eigenvalue weighted by Gasteiger charge is 2.15. The van der Waals surface area contributed by atoms with E-state index < -0.39 is 0 Å². The van der Waals surface area contributed by atoms with Gasteiger partial charge in [-0.1, -0.05) is 12.7 Å². The van der Waals surface area contributed by atoms with Gasteiger partial charge in [-0.05, 0) is 26.8 Å². The van der Waals surface area contributed by atoms with Crippen LogP contribution < -0.4 is 5.73 Å². The molecule has 2 nitrogen and oxygen atoms in total. The maximum absolute atomic E-state index is 5.82. The quantitative estimate of drug-likeness (QED) is 0.616. The zero-order chi connectivity index (χ0) is 8.91. The predicted molar refractivity (Wildman–Crippen MR) is 50.7 cm³/mol. The van der Waals surface area contributed by atoms with Crippen molar-refractivity contribution in [1.82, 2.24) is 0 Å². The van der Waals surface area contributed by atoms with Crippen LogP contribution in [0.2, 0.25) is 0 Å². The van der Waals surface area contributed by atoms with Crippen molar-refractivity contribution in [3.05, 3.63) is 24.9 Å². The minimum Gasteiger partial charge on any atom is -0.321 e. The second kappa shape index (κ2) is 4.09. The van der Waals surface area contributed by atoms with E-state index in [-0.39, 0.29) is 5.54 Å². The number of hydrogen-bond donors (Lipinski definition) is 1. The van der Waals surface area contributed by atoms with Gasteiger partial charge in [0.2, 0.25) is 0 Å². The first-order valence-corrected chi connectivity index (χ1v) is 3.63. The molecule has 2 heteroatoms. The van der Waals surface area contributed by atoms with Crippen LogP contribution in [-0.2, 0) is 0 Å². The fourth-order valence-electron chi connectivity index (χ4n) is 0.680. The van der Waals surface area contributed by atoms with Crippen molar-refractivity contribution in [2.75, 3.05) is 0 Å². The van der Waals surface area contributed by atoms with Crippen LogP contribution in [0.15, 0.2) is 29.9 Å². The van der Waals surface area contributed by atoms with Crippen molar-refractivity contribution in [2.45, 2.75) is 26.3 Å². The molecule has 0 rings (SSSR count). The molecule has 0 aromatic rings. The van der Waals surface area contributed by atoms with Gasteiger partial charge in [-0.2, -0.15) is 0 Å². The van der Waals surface area contributed by atoms with E-state index in [0.717, 1.165) is 5.71 Å². The van der Waals surface area contributed by atoms with Crippen LogP contribution in [-0.4, -0.2) is 11.3 Å². The summed E-state index contributed by atoms with van der Waals surface area (Å²) in [6.07, 6.45) is 5.31. The van der Waals surface area contributed by atoms with Gasteiger partial charge in [0.05, 0.1) is 11.3 Å². The maximum Gasteiger partial charge on any atom is 0.0593 e. The molecule has 0 unspecified atom stereocenters. The molecule has 0 spiro atoms. The molecule has 62 valence electrons. The van der Waals surface area contributed by atoms with Crippen LogP contribution in [0.5, 0.6) is 0 Å². The van der Waals surface area contributed by atoms with Gasteiger partial charge in [-0.25, -0.2) is 0 Å². The van der Waals surface area contributed by atoms with Crippen molar-refractivity contribution in [3.63, 3.8) is 0 Å². The Hall–Kier alpha value is -0.890. The van der Waals surface area contributed by atoms with Gasteiger partial charge < -0.3 is 5.73 Å². The van der Waals surface area contributed by atoms with E-state index in [9.17, 15) is 0 Å². The molecule has 2 N–H and O–H groups in total. The maximum atomic E-state index is 5.82. The topological polar surface area (TPSA) is 38.4 Å². The Balaban J connectivity index is 4.61. The monoisotopic (exact) mass is 152 g/mol. The fourth-order valence-corrected chi connectivity index (χ4v) is 0.680. The minimum atomic E-state index is -0.388. The highest BCUT2D eigenvalue weighted by Crippen LogP contribution is 2.02. The molecular formula is C9H16N2. The summed E-state index contributed by atoms with van der Waals surface area (Å²) >= 11 is 0. The molecule has 0 amide bonds. The number of allylic oxidation sites excluding steroid dienone is 1. The molecule has 0 atom stereocenters. The summed E-state index contributed by atoms with van der Waals surface area (Å²) in [5.41, 5.74) is 6.28. The van der Waals surface area contributed by atoms with Crippen molar-refractivity contribution >= 4 is 5.71 Å². The Labute approximate surface area is 68.5 Å². The van der Waals surface area contributed by atoms with Crippen molar-refractivity contribution in [2.24, 2.45) is 10.7 Å². The van der Waals surface area contributed by atoms with Crippen molar-refractivity contribution < 1.29 is 0 Å². The third-order valence-electron chi connectivity index (χ3n) is 1.22. The highest BCUT2D eigenvalue weighted by molar-refractivity contribution is 6.02. The van der Waals surface area contributed by atoms with Crippen LogP contribution in [0.4, 0.5) is 0 Å². The lowest BCUT2D eigenvalue weighted by atomic mass is 9.99. The third-order valence-corrected chi connectivity index (χ3v) is 1.22. The normalized spacial score (nSPS) is 14.0. The molecule has 0 bridgehead atoms. The van der Waals surface area contributed by atoms with Crippen LogP contribution >= 0.6 is 0 Å². The second-order valence-electron chi connectivity index (χ2n) is 2.92. The first-order chi connectivity index (χ1) is 5.02. The van der Waals surface area contributed by atoms with E-state index in [0.29, 0.717) is 0 Å². The van der Waals surface area contributed by atoms with Gasteiger partial charge in [0.1, 0.15) is 0 Å². The summed E-state index contributed by atoms with van der Waals surface area (Å²) in [4.78, 5) is 4.05. The third kappa shape index (κ3) is 3.73. The lowest BCUT2D eigenvalue weighted by Crippen LogP contribution is -2.40. The summed E-state index contributed by atoms with van der Waals surface area (Å²) in [6.45, 7) is 9.28. The summed E-state index contributed by atoms with van der Waals surface area (Å²) in [7, 11) is 0. The van der Waals surface area contributed by atoms with Crippen LogP contribution in [0.25, 0.3) is 0 Å². The molecule has 0 aromatic carbocycles. The van der Waals surface area contributed by atoms with Crippen LogP contribution in [0.3, 0.4) is 0 Å². The fraction of sp³-hybridized carbons (Fsp3) is 0.444. The number of aliphatic imine (C=N–C) groups is 1. The smallest absolute Gasteiger partial charge is 0.0593 e. The Kier molecular flexibility index (Phi) is 3.76. The molecule has 0 radical (unpaired) electrons. The van der Waals surface area contributed by atoms with Crippen molar-refractivity contribution in [1.29, 1.82) is 0 Å². The van der Waals surface area contributed by atoms with Crippen molar-refractivity contribution in [3.8, 4) is 0 Å². The van der Waals surface area contributed by atoms with Gasteiger partial charge in [0.25, 0.3) is 0 Å². The molecule has 0 aliphatic heterocycles. The van der Waals surface area contributed by atoms with E-state index in [1.807, 2.05) is 32.9 Å². The van der Waals surface area contributed by atoms with Gasteiger partial charge in [-0.3, -0.25) is 4.99 Å². The SMILES string of the molecule is C=CN=C(/C=C\C)C(C)(C)N. The first-order valence-electron chi connectivity index (χ1n) is 3.63. The number of rotatable bonds is 3. The Morgan fingerprint density at radius 1 is 1.55 bits per heavy atom. The van der Waals surface area contributed by atoms with Crippen LogP contribution in [0, 0.1) is 0 Å². The lowest BCUT2D eigenvalue weighted by molar-refractivity contribution is 0.701. The van der Waals surface area contributed by atoms with E-state index in [1.54, 1.807) is 0 Å². The Morgan fingerprint density at radius 2 is 2.09 bits per heavy atom. The summed E-state index contributed by atoms with van der Waals surface area (Å²) in [6, 6.07) is 0. The average molecular weight is 152 g/mol. The van der Waals surface area contributed by atoms with Gasteiger partial charge in [-0.15, -0.1) is 0 Å². The molecular weight excluding hydrogens is 136 g/mol. The zero-order valence-corrected chi connectivity index (χ0v) is 7.46. The largest absolute Gasteiger partial charge is 0.321 e. The minimum absolute atomic E-state index is 0.388. The lowest BCUT2D eigenvalue weighted by Gasteiger charge is -2.17. The molecule has 0 aliphatic carbocycles. The second-order valence-corrected chi connectivity index (χ2v) is 2.92. The van der Waals surface area contributed by atoms with E-state index in [1.165, 1.54) is 6.20 Å². The number of nitrogens with zero attached hydrogens (tertiary/aromatic N) is 1. The highest BCUT2D eigenvalue weighted by atomic mass is 14.8. The molecule has 0 heterocycles. The molecule has 0 fully saturated rings. The van der Waals surface area contributed by atoms with E-state index >= 15 is 0 Å². The first kappa shape index (κ1) is 10.1. The average Bonchev–Trinajstić information content (AvgIpc) is 1.85. The Morgan fingerprint density at radius 3 is 2.36 bits per heavy atom. The van der Waals surface area contributed by atoms with Gasteiger partial charge in [0.15, 0.2) is 0 Å². The number of nitrogens with two attached hydrogens (primary N) is 1. The Bertz CT molecular complexity index is 182. The molecule has 0 aliphatic rings. The number of hydrogen-bond acceptors (Lipinski definition) is 2. The van der Waals surface area contributed by atoms with Gasteiger partial charge in [0, 0.05) is 6.20 Å². The van der Waals surface area contributed by atoms with Crippen LogP contribution in [0.1, 0.15) is 20.8 Å². The molecule has 11 heavy (non-hydrogen) atoms. The summed E-state index contributed by atoms with van der Waals surface area (Å²) < 4.78 is 0. The predicted octanol–water partition coefficient (Wildman–Crippen LogP) is 1.88. The van der Waals surface area contributed by atoms with E-state index in [2.05, 4.69) is 11.6 Å². The standard InChI is InChI=1S/C9H16N2/c1-5-7-8(11-6-2)9(3,4)10/h5-7H,2,10H2,1,3-4H3/b7-5-,11-8?. The molecule has 0 aromatic heterocycles. The summed E-state index contributed by atoms with van der Waals surface area (Å²) in [5.74, 6) is 0. The summed E-state index contributed by atoms with van der Waals surface area (Å²) in [5, 5.41) is 0.